The molecule has 0 spiro atoms. The second-order valence-corrected chi connectivity index (χ2v) is 3.40. The first-order valence-electron chi connectivity index (χ1n) is 2.26. The molecule has 0 bridgehead atoms. The Morgan fingerprint density at radius 3 is 2.50 bits per heavy atom. The predicted molar refractivity (Wildman–Crippen MR) is 33.3 cm³/mol. The highest BCUT2D eigenvalue weighted by atomic mass is 32.2. The molecule has 8 heteroatoms. The van der Waals surface area contributed by atoms with E-state index in [1.807, 2.05) is 0 Å². The van der Waals surface area contributed by atoms with Gasteiger partial charge in [0, 0.05) is 0 Å². The van der Waals surface area contributed by atoms with Gasteiger partial charge in [0.1, 0.15) is 0 Å². The zero-order chi connectivity index (χ0) is 8.20. The van der Waals surface area contributed by atoms with E-state index in [1.165, 1.54) is 6.92 Å². The van der Waals surface area contributed by atoms with Crippen LogP contribution in [-0.2, 0) is 24.4 Å². The van der Waals surface area contributed by atoms with Crippen LogP contribution in [0, 0.1) is 0 Å². The van der Waals surface area contributed by atoms with Crippen LogP contribution in [-0.4, -0.2) is 20.3 Å². The van der Waals surface area contributed by atoms with Crippen molar-refractivity contribution in [3.05, 3.63) is 0 Å². The lowest BCUT2D eigenvalue weighted by atomic mass is 10.9. The van der Waals surface area contributed by atoms with Gasteiger partial charge in [-0.1, -0.05) is 0 Å². The van der Waals surface area contributed by atoms with Crippen LogP contribution in [0.2, 0.25) is 0 Å². The van der Waals surface area contributed by atoms with Crippen LogP contribution in [0.3, 0.4) is 0 Å². The number of hydrogen-bond donors (Lipinski definition) is 2. The Labute approximate surface area is 60.3 Å². The molecule has 0 rings (SSSR count). The summed E-state index contributed by atoms with van der Waals surface area (Å²) in [6, 6.07) is 0. The maximum Gasteiger partial charge on any atom is 0.487 e. The van der Waals surface area contributed by atoms with Crippen molar-refractivity contribution in [1.82, 2.24) is 0 Å². The molecule has 0 aliphatic carbocycles. The van der Waals surface area contributed by atoms with E-state index in [9.17, 15) is 8.77 Å². The molecule has 6 nitrogen and oxygen atoms in total. The number of phosphoric acid groups is 1. The summed E-state index contributed by atoms with van der Waals surface area (Å²) in [5, 5.41) is 0. The maximum absolute atomic E-state index is 10.4. The first kappa shape index (κ1) is 10.2. The molecule has 0 saturated heterocycles. The highest BCUT2D eigenvalue weighted by Crippen LogP contribution is 2.43. The summed E-state index contributed by atoms with van der Waals surface area (Å²) < 4.78 is 35.8. The fourth-order valence-electron chi connectivity index (χ4n) is 0.265. The molecular weight excluding hydrogens is 183 g/mol. The molecule has 2 atom stereocenters. The molecule has 0 aromatic heterocycles. The first-order valence-corrected chi connectivity index (χ1v) is 4.79. The second kappa shape index (κ2) is 4.17. The zero-order valence-corrected chi connectivity index (χ0v) is 6.80. The lowest BCUT2D eigenvalue weighted by molar-refractivity contribution is 0.214. The monoisotopic (exact) mass is 190 g/mol. The number of hydrogen-bond acceptors (Lipinski definition) is 4. The minimum absolute atomic E-state index is 0.0645. The van der Waals surface area contributed by atoms with Gasteiger partial charge in [-0.15, -0.1) is 0 Å². The summed E-state index contributed by atoms with van der Waals surface area (Å²) in [6.07, 6.45) is 0. The summed E-state index contributed by atoms with van der Waals surface area (Å²) in [7, 11) is -4.30. The van der Waals surface area contributed by atoms with E-state index in [-0.39, 0.29) is 6.61 Å². The van der Waals surface area contributed by atoms with Crippen molar-refractivity contribution >= 4 is 19.2 Å². The van der Waals surface area contributed by atoms with Gasteiger partial charge in [-0.25, -0.2) is 4.57 Å². The van der Waals surface area contributed by atoms with Crippen LogP contribution in [0.1, 0.15) is 6.92 Å². The molecule has 2 N–H and O–H groups in total. The molecule has 10 heavy (non-hydrogen) atoms. The van der Waals surface area contributed by atoms with E-state index in [2.05, 4.69) is 8.49 Å². The van der Waals surface area contributed by atoms with Crippen LogP contribution >= 0.6 is 7.82 Å². The minimum Gasteiger partial charge on any atom is -0.302 e. The Balaban J connectivity index is 3.87. The molecule has 0 radical (unpaired) electrons. The summed E-state index contributed by atoms with van der Waals surface area (Å²) >= 11 is -2.77. The van der Waals surface area contributed by atoms with E-state index in [0.717, 1.165) is 0 Å². The Morgan fingerprint density at radius 1 is 1.70 bits per heavy atom. The van der Waals surface area contributed by atoms with Gasteiger partial charge in [0.2, 0.25) is 0 Å². The summed E-state index contributed by atoms with van der Waals surface area (Å²) in [4.78, 5) is 8.44. The van der Waals surface area contributed by atoms with Crippen LogP contribution in [0.4, 0.5) is 0 Å². The van der Waals surface area contributed by atoms with Crippen LogP contribution in [0.15, 0.2) is 0 Å². The van der Waals surface area contributed by atoms with Crippen LogP contribution in [0.25, 0.3) is 0 Å². The molecule has 0 fully saturated rings. The zero-order valence-electron chi connectivity index (χ0n) is 5.09. The quantitative estimate of drug-likeness (QED) is 0.488. The van der Waals surface area contributed by atoms with E-state index in [4.69, 9.17) is 9.45 Å². The fourth-order valence-corrected chi connectivity index (χ4v) is 1.41. The second-order valence-electron chi connectivity index (χ2n) is 1.18. The summed E-state index contributed by atoms with van der Waals surface area (Å²) in [5.74, 6) is 0. The van der Waals surface area contributed by atoms with Crippen molar-refractivity contribution in [3.63, 3.8) is 0 Å². The van der Waals surface area contributed by atoms with Crippen molar-refractivity contribution in [1.29, 1.82) is 0 Å². The van der Waals surface area contributed by atoms with Crippen molar-refractivity contribution in [3.8, 4) is 0 Å². The van der Waals surface area contributed by atoms with Gasteiger partial charge in [0.25, 0.3) is 0 Å². The molecular formula is C2H7O6PS. The lowest BCUT2D eigenvalue weighted by Crippen LogP contribution is -1.96. The van der Waals surface area contributed by atoms with Crippen LogP contribution in [0.5, 0.6) is 0 Å². The third-order valence-electron chi connectivity index (χ3n) is 0.450. The SMILES string of the molecule is CCOP(=O)(O)OS(=O)O. The van der Waals surface area contributed by atoms with Crippen LogP contribution < -0.4 is 0 Å². The molecule has 0 aromatic rings. The van der Waals surface area contributed by atoms with Gasteiger partial charge < -0.3 is 4.89 Å². The molecule has 62 valence electrons. The Hall–Kier alpha value is 0.220. The van der Waals surface area contributed by atoms with E-state index in [1.54, 1.807) is 0 Å². The Bertz CT molecular complexity index is 167. The van der Waals surface area contributed by atoms with Crippen molar-refractivity contribution in [2.75, 3.05) is 6.61 Å². The van der Waals surface area contributed by atoms with E-state index in [0.29, 0.717) is 0 Å². The molecule has 0 aliphatic heterocycles. The molecule has 0 amide bonds. The molecule has 0 saturated carbocycles. The smallest absolute Gasteiger partial charge is 0.302 e. The molecule has 2 unspecified atom stereocenters. The van der Waals surface area contributed by atoms with Gasteiger partial charge in [-0.05, 0) is 6.92 Å². The Kier molecular flexibility index (Phi) is 4.26. The van der Waals surface area contributed by atoms with Crippen molar-refractivity contribution in [2.45, 2.75) is 6.92 Å². The van der Waals surface area contributed by atoms with E-state index < -0.39 is 19.2 Å². The normalized spacial score (nSPS) is 19.9. The van der Waals surface area contributed by atoms with Crippen molar-refractivity contribution < 1.29 is 26.7 Å². The number of rotatable bonds is 4. The first-order chi connectivity index (χ1) is 4.48. The Morgan fingerprint density at radius 2 is 2.20 bits per heavy atom. The topological polar surface area (TPSA) is 93.1 Å². The van der Waals surface area contributed by atoms with Gasteiger partial charge in [0.15, 0.2) is 0 Å². The van der Waals surface area contributed by atoms with Gasteiger partial charge in [-0.2, -0.15) is 8.18 Å². The van der Waals surface area contributed by atoms with Gasteiger partial charge in [0.05, 0.1) is 6.61 Å². The highest BCUT2D eigenvalue weighted by molar-refractivity contribution is 7.79. The summed E-state index contributed by atoms with van der Waals surface area (Å²) in [6.45, 7) is 1.39. The molecule has 0 aliphatic rings. The highest BCUT2D eigenvalue weighted by Gasteiger charge is 2.23. The van der Waals surface area contributed by atoms with Gasteiger partial charge >= 0.3 is 19.2 Å². The maximum atomic E-state index is 10.4. The van der Waals surface area contributed by atoms with Gasteiger partial charge in [-0.3, -0.25) is 9.08 Å². The predicted octanol–water partition coefficient (Wildman–Crippen LogP) is 0.277. The van der Waals surface area contributed by atoms with Crippen molar-refractivity contribution in [2.24, 2.45) is 0 Å². The largest absolute Gasteiger partial charge is 0.487 e. The molecule has 0 heterocycles. The average molecular weight is 190 g/mol. The van der Waals surface area contributed by atoms with E-state index >= 15 is 0 Å². The number of phosphoric ester groups is 1. The minimum atomic E-state index is -4.30. The molecule has 0 aromatic carbocycles. The summed E-state index contributed by atoms with van der Waals surface area (Å²) in [5.41, 5.74) is 0. The fraction of sp³-hybridized carbons (Fsp3) is 1.00. The third-order valence-corrected chi connectivity index (χ3v) is 2.30. The standard InChI is InChI=1S/C2H7O6PS/c1-2-7-9(3,4)8-10(5)6/h2H2,1H3,(H,3,4)(H,5,6). The lowest BCUT2D eigenvalue weighted by Gasteiger charge is -2.05. The third kappa shape index (κ3) is 5.04. The average Bonchev–Trinajstić information content (AvgIpc) is 1.59.